The molecule has 7 heteroatoms. The van der Waals surface area contributed by atoms with Crippen molar-refractivity contribution < 1.29 is 4.79 Å². The van der Waals surface area contributed by atoms with Crippen molar-refractivity contribution in [2.75, 3.05) is 42.9 Å². The van der Waals surface area contributed by atoms with Gasteiger partial charge in [-0.25, -0.2) is 4.98 Å². The molecule has 128 valence electrons. The Hall–Kier alpha value is -1.99. The number of amides is 1. The Morgan fingerprint density at radius 2 is 1.92 bits per heavy atom. The minimum Gasteiger partial charge on any atom is -0.344 e. The molecule has 1 saturated heterocycles. The molecule has 1 fully saturated rings. The van der Waals surface area contributed by atoms with Gasteiger partial charge in [-0.3, -0.25) is 9.69 Å². The van der Waals surface area contributed by atoms with Gasteiger partial charge in [0.2, 0.25) is 11.0 Å². The van der Waals surface area contributed by atoms with Crippen molar-refractivity contribution in [2.45, 2.75) is 19.8 Å². The van der Waals surface area contributed by atoms with E-state index in [9.17, 15) is 4.79 Å². The number of rotatable bonds is 5. The molecule has 3 rings (SSSR count). The van der Waals surface area contributed by atoms with Crippen LogP contribution in [0.3, 0.4) is 0 Å². The van der Waals surface area contributed by atoms with Crippen LogP contribution in [0.5, 0.6) is 0 Å². The van der Waals surface area contributed by atoms with Crippen molar-refractivity contribution in [1.29, 1.82) is 0 Å². The molecule has 0 saturated carbocycles. The molecule has 24 heavy (non-hydrogen) atoms. The molecule has 1 amide bonds. The van der Waals surface area contributed by atoms with Crippen LogP contribution in [0.15, 0.2) is 30.3 Å². The van der Waals surface area contributed by atoms with Gasteiger partial charge in [0.05, 0.1) is 6.54 Å². The Balaban J connectivity index is 1.47. The lowest BCUT2D eigenvalue weighted by atomic mass is 10.2. The summed E-state index contributed by atoms with van der Waals surface area (Å²) in [7, 11) is 0. The standard InChI is InChI=1S/C17H23N5OS/c1-13(2)16-19-17(24-20-16)22-10-8-21(9-11-22)12-15(23)18-14-6-4-3-5-7-14/h3-7,13H,8-12H2,1-2H3,(H,18,23). The molecule has 1 aromatic heterocycles. The molecule has 0 spiro atoms. The normalized spacial score (nSPS) is 15.7. The minimum atomic E-state index is 0.0349. The van der Waals surface area contributed by atoms with Crippen molar-refractivity contribution in [3.63, 3.8) is 0 Å². The number of nitrogens with zero attached hydrogens (tertiary/aromatic N) is 4. The number of nitrogens with one attached hydrogen (secondary N) is 1. The Morgan fingerprint density at radius 3 is 2.54 bits per heavy atom. The number of anilines is 2. The lowest BCUT2D eigenvalue weighted by Gasteiger charge is -2.33. The second-order valence-corrected chi connectivity index (χ2v) is 7.00. The van der Waals surface area contributed by atoms with Crippen LogP contribution >= 0.6 is 11.5 Å². The van der Waals surface area contributed by atoms with E-state index >= 15 is 0 Å². The summed E-state index contributed by atoms with van der Waals surface area (Å²) in [6.07, 6.45) is 0. The van der Waals surface area contributed by atoms with Crippen LogP contribution in [-0.4, -0.2) is 52.9 Å². The summed E-state index contributed by atoms with van der Waals surface area (Å²) >= 11 is 1.47. The highest BCUT2D eigenvalue weighted by molar-refractivity contribution is 7.09. The second kappa shape index (κ2) is 7.72. The molecule has 0 bridgehead atoms. The van der Waals surface area contributed by atoms with Gasteiger partial charge in [-0.15, -0.1) is 0 Å². The minimum absolute atomic E-state index is 0.0349. The largest absolute Gasteiger partial charge is 0.344 e. The molecule has 1 aliphatic rings. The first kappa shape index (κ1) is 16.9. The molecule has 1 N–H and O–H groups in total. The third-order valence-corrected chi connectivity index (χ3v) is 4.81. The number of para-hydroxylation sites is 1. The van der Waals surface area contributed by atoms with Crippen LogP contribution < -0.4 is 10.2 Å². The maximum absolute atomic E-state index is 12.1. The van der Waals surface area contributed by atoms with Gasteiger partial charge in [-0.2, -0.15) is 4.37 Å². The number of benzene rings is 1. The number of piperazine rings is 1. The average molecular weight is 345 g/mol. The van der Waals surface area contributed by atoms with Crippen LogP contribution in [0.25, 0.3) is 0 Å². The maximum Gasteiger partial charge on any atom is 0.238 e. The fourth-order valence-electron chi connectivity index (χ4n) is 2.61. The summed E-state index contributed by atoms with van der Waals surface area (Å²) in [5.74, 6) is 1.31. The van der Waals surface area contributed by atoms with E-state index in [1.54, 1.807) is 0 Å². The zero-order chi connectivity index (χ0) is 16.9. The van der Waals surface area contributed by atoms with Gasteiger partial charge < -0.3 is 10.2 Å². The van der Waals surface area contributed by atoms with Gasteiger partial charge in [0, 0.05) is 49.3 Å². The first-order chi connectivity index (χ1) is 11.6. The first-order valence-corrected chi connectivity index (χ1v) is 9.05. The summed E-state index contributed by atoms with van der Waals surface area (Å²) in [5, 5.41) is 3.93. The summed E-state index contributed by atoms with van der Waals surface area (Å²) in [6, 6.07) is 9.58. The molecule has 6 nitrogen and oxygen atoms in total. The molecule has 2 aromatic rings. The quantitative estimate of drug-likeness (QED) is 0.902. The molecule has 0 radical (unpaired) electrons. The Kier molecular flexibility index (Phi) is 5.42. The van der Waals surface area contributed by atoms with Crippen LogP contribution in [0.4, 0.5) is 10.8 Å². The predicted octanol–water partition coefficient (Wildman–Crippen LogP) is 2.42. The van der Waals surface area contributed by atoms with Crippen LogP contribution in [-0.2, 0) is 4.79 Å². The van der Waals surface area contributed by atoms with E-state index in [-0.39, 0.29) is 5.91 Å². The Bertz CT molecular complexity index is 665. The number of carbonyl (C=O) groups excluding carboxylic acids is 1. The Labute approximate surface area is 146 Å². The first-order valence-electron chi connectivity index (χ1n) is 8.27. The molecule has 2 heterocycles. The van der Waals surface area contributed by atoms with E-state index in [4.69, 9.17) is 0 Å². The molecule has 0 aliphatic carbocycles. The Morgan fingerprint density at radius 1 is 1.21 bits per heavy atom. The van der Waals surface area contributed by atoms with Crippen LogP contribution in [0.2, 0.25) is 0 Å². The van der Waals surface area contributed by atoms with E-state index in [0.29, 0.717) is 12.5 Å². The zero-order valence-corrected chi connectivity index (χ0v) is 14.9. The molecule has 0 atom stereocenters. The third-order valence-electron chi connectivity index (χ3n) is 4.01. The van der Waals surface area contributed by atoms with Gasteiger partial charge in [-0.05, 0) is 12.1 Å². The highest BCUT2D eigenvalue weighted by atomic mass is 32.1. The van der Waals surface area contributed by atoms with Gasteiger partial charge in [0.15, 0.2) is 0 Å². The van der Waals surface area contributed by atoms with Crippen molar-refractivity contribution in [3.8, 4) is 0 Å². The molecular weight excluding hydrogens is 322 g/mol. The van der Waals surface area contributed by atoms with Gasteiger partial charge >= 0.3 is 0 Å². The lowest BCUT2D eigenvalue weighted by molar-refractivity contribution is -0.117. The SMILES string of the molecule is CC(C)c1nsc(N2CCN(CC(=O)Nc3ccccc3)CC2)n1. The third kappa shape index (κ3) is 4.30. The van der Waals surface area contributed by atoms with Gasteiger partial charge in [0.1, 0.15) is 5.82 Å². The van der Waals surface area contributed by atoms with Crippen molar-refractivity contribution >= 4 is 28.3 Å². The van der Waals surface area contributed by atoms with Crippen LogP contribution in [0, 0.1) is 0 Å². The highest BCUT2D eigenvalue weighted by Gasteiger charge is 2.22. The van der Waals surface area contributed by atoms with E-state index in [1.165, 1.54) is 11.5 Å². The summed E-state index contributed by atoms with van der Waals surface area (Å²) < 4.78 is 4.42. The number of hydrogen-bond donors (Lipinski definition) is 1. The highest BCUT2D eigenvalue weighted by Crippen LogP contribution is 2.22. The topological polar surface area (TPSA) is 61.4 Å². The predicted molar refractivity (Wildman–Crippen MR) is 97.7 cm³/mol. The van der Waals surface area contributed by atoms with E-state index < -0.39 is 0 Å². The van der Waals surface area contributed by atoms with Crippen molar-refractivity contribution in [1.82, 2.24) is 14.3 Å². The van der Waals surface area contributed by atoms with Gasteiger partial charge in [0.25, 0.3) is 0 Å². The van der Waals surface area contributed by atoms with Crippen molar-refractivity contribution in [2.24, 2.45) is 0 Å². The number of carbonyl (C=O) groups is 1. The molecular formula is C17H23N5OS. The van der Waals surface area contributed by atoms with E-state index in [0.717, 1.165) is 42.8 Å². The second-order valence-electron chi connectivity index (χ2n) is 6.27. The van der Waals surface area contributed by atoms with E-state index in [1.807, 2.05) is 30.3 Å². The number of hydrogen-bond acceptors (Lipinski definition) is 6. The zero-order valence-electron chi connectivity index (χ0n) is 14.1. The molecule has 1 aliphatic heterocycles. The fraction of sp³-hybridized carbons (Fsp3) is 0.471. The average Bonchev–Trinajstić information content (AvgIpc) is 3.07. The molecule has 0 unspecified atom stereocenters. The summed E-state index contributed by atoms with van der Waals surface area (Å²) in [6.45, 7) is 8.12. The van der Waals surface area contributed by atoms with Crippen molar-refractivity contribution in [3.05, 3.63) is 36.2 Å². The maximum atomic E-state index is 12.1. The fourth-order valence-corrected chi connectivity index (χ4v) is 3.47. The molecule has 1 aromatic carbocycles. The number of aromatic nitrogens is 2. The van der Waals surface area contributed by atoms with E-state index in [2.05, 4.69) is 38.3 Å². The summed E-state index contributed by atoms with van der Waals surface area (Å²) in [4.78, 5) is 21.2. The monoisotopic (exact) mass is 345 g/mol. The van der Waals surface area contributed by atoms with Gasteiger partial charge in [-0.1, -0.05) is 32.0 Å². The van der Waals surface area contributed by atoms with Crippen LogP contribution in [0.1, 0.15) is 25.6 Å². The lowest BCUT2D eigenvalue weighted by Crippen LogP contribution is -2.48. The smallest absolute Gasteiger partial charge is 0.238 e. The summed E-state index contributed by atoms with van der Waals surface area (Å²) in [5.41, 5.74) is 0.844.